The van der Waals surface area contributed by atoms with Crippen molar-refractivity contribution in [1.29, 1.82) is 0 Å². The number of anilines is 1. The van der Waals surface area contributed by atoms with Crippen molar-refractivity contribution in [3.8, 4) is 0 Å². The molecule has 4 rings (SSSR count). The van der Waals surface area contributed by atoms with Crippen LogP contribution >= 0.6 is 24.0 Å². The minimum atomic E-state index is -0.363. The van der Waals surface area contributed by atoms with E-state index in [0.29, 0.717) is 15.8 Å². The first kappa shape index (κ1) is 19.3. The van der Waals surface area contributed by atoms with Crippen molar-refractivity contribution < 1.29 is 14.0 Å². The summed E-state index contributed by atoms with van der Waals surface area (Å²) in [5, 5.41) is 9.08. The summed E-state index contributed by atoms with van der Waals surface area (Å²) in [5.41, 5.74) is 2.14. The molecule has 0 atom stereocenters. The fourth-order valence-electron chi connectivity index (χ4n) is 2.98. The van der Waals surface area contributed by atoms with Gasteiger partial charge in [0.15, 0.2) is 4.32 Å². The summed E-state index contributed by atoms with van der Waals surface area (Å²) in [6.45, 7) is 0.0721. The predicted molar refractivity (Wildman–Crippen MR) is 116 cm³/mol. The molecular weight excluding hydrogens is 411 g/mol. The van der Waals surface area contributed by atoms with Crippen molar-refractivity contribution in [3.05, 3.63) is 66.1 Å². The number of carbonyl (C=O) groups excluding carboxylic acids is 2. The third kappa shape index (κ3) is 4.20. The number of nitrogens with zero attached hydrogens (tertiary/aromatic N) is 3. The van der Waals surface area contributed by atoms with Crippen molar-refractivity contribution in [2.75, 3.05) is 11.1 Å². The van der Waals surface area contributed by atoms with Crippen LogP contribution in [0.15, 0.2) is 59.8 Å². The van der Waals surface area contributed by atoms with E-state index in [2.05, 4.69) is 10.4 Å². The Bertz CT molecular complexity index is 1130. The quantitative estimate of drug-likeness (QED) is 0.500. The van der Waals surface area contributed by atoms with Gasteiger partial charge in [-0.1, -0.05) is 42.2 Å². The largest absolute Gasteiger partial charge is 0.337 e. The van der Waals surface area contributed by atoms with Crippen LogP contribution in [0.2, 0.25) is 0 Å². The number of benzene rings is 2. The van der Waals surface area contributed by atoms with E-state index in [1.165, 1.54) is 41.0 Å². The smallest absolute Gasteiger partial charge is 0.259 e. The molecule has 2 amide bonds. The lowest BCUT2D eigenvalue weighted by Gasteiger charge is -2.07. The monoisotopic (exact) mass is 426 g/mol. The number of fused-ring (bicyclic) bond motifs is 1. The van der Waals surface area contributed by atoms with Gasteiger partial charge in [0, 0.05) is 28.4 Å². The fourth-order valence-corrected chi connectivity index (χ4v) is 3.94. The van der Waals surface area contributed by atoms with Crippen molar-refractivity contribution >= 4 is 62.9 Å². The zero-order chi connectivity index (χ0) is 20.4. The van der Waals surface area contributed by atoms with Crippen LogP contribution in [0.25, 0.3) is 10.9 Å². The second-order valence-electron chi connectivity index (χ2n) is 6.29. The number of carbonyl (C=O) groups is 2. The first-order chi connectivity index (χ1) is 14.0. The molecule has 0 saturated carbocycles. The first-order valence-electron chi connectivity index (χ1n) is 8.68. The standard InChI is InChI=1S/C20H15FN4O2S2/c21-14-5-7-15(8-6-14)23-18(26)11-24-10-13(16-3-1-2-4-17(16)24)9-22-25-19(27)12-29-20(25)28/h1-10H,11-12H2,(H,23,26)/b22-9-. The van der Waals surface area contributed by atoms with Gasteiger partial charge < -0.3 is 9.88 Å². The van der Waals surface area contributed by atoms with Crippen LogP contribution in [0.3, 0.4) is 0 Å². The Balaban J connectivity index is 1.57. The lowest BCUT2D eigenvalue weighted by molar-refractivity contribution is -0.124. The minimum absolute atomic E-state index is 0.0721. The molecule has 1 fully saturated rings. The van der Waals surface area contributed by atoms with Gasteiger partial charge in [-0.15, -0.1) is 0 Å². The zero-order valence-corrected chi connectivity index (χ0v) is 16.7. The van der Waals surface area contributed by atoms with Crippen molar-refractivity contribution in [3.63, 3.8) is 0 Å². The summed E-state index contributed by atoms with van der Waals surface area (Å²) in [5.74, 6) is -0.467. The highest BCUT2D eigenvalue weighted by atomic mass is 32.2. The molecule has 1 N–H and O–H groups in total. The molecule has 3 aromatic rings. The molecule has 1 aliphatic heterocycles. The second kappa shape index (κ2) is 8.14. The van der Waals surface area contributed by atoms with Gasteiger partial charge in [-0.25, -0.2) is 4.39 Å². The molecule has 0 bridgehead atoms. The average molecular weight is 426 g/mol. The molecule has 146 valence electrons. The topological polar surface area (TPSA) is 66.7 Å². The van der Waals surface area contributed by atoms with Crippen LogP contribution in [-0.2, 0) is 16.1 Å². The number of halogens is 1. The van der Waals surface area contributed by atoms with Gasteiger partial charge in [-0.3, -0.25) is 9.59 Å². The molecular formula is C20H15FN4O2S2. The number of rotatable bonds is 5. The highest BCUT2D eigenvalue weighted by Crippen LogP contribution is 2.22. The number of thioether (sulfide) groups is 1. The number of thiocarbonyl (C=S) groups is 1. The maximum atomic E-state index is 13.0. The van der Waals surface area contributed by atoms with E-state index in [9.17, 15) is 14.0 Å². The fraction of sp³-hybridized carbons (Fsp3) is 0.100. The van der Waals surface area contributed by atoms with Crippen molar-refractivity contribution in [2.24, 2.45) is 5.10 Å². The first-order valence-corrected chi connectivity index (χ1v) is 10.1. The Hall–Kier alpha value is -3.04. The lowest BCUT2D eigenvalue weighted by Crippen LogP contribution is -2.22. The SMILES string of the molecule is O=C(Cn1cc(/C=N\N2C(=O)CSC2=S)c2ccccc21)Nc1ccc(F)cc1. The normalized spacial score (nSPS) is 14.3. The minimum Gasteiger partial charge on any atom is -0.337 e. The highest BCUT2D eigenvalue weighted by Gasteiger charge is 2.26. The third-order valence-electron chi connectivity index (χ3n) is 4.30. The van der Waals surface area contributed by atoms with Gasteiger partial charge in [0.2, 0.25) is 5.91 Å². The van der Waals surface area contributed by atoms with Gasteiger partial charge >= 0.3 is 0 Å². The Morgan fingerprint density at radius 2 is 2.00 bits per heavy atom. The Labute approximate surface area is 175 Å². The number of nitrogens with one attached hydrogen (secondary N) is 1. The molecule has 0 radical (unpaired) electrons. The van der Waals surface area contributed by atoms with E-state index in [4.69, 9.17) is 12.2 Å². The molecule has 0 aliphatic carbocycles. The molecule has 0 unspecified atom stereocenters. The van der Waals surface area contributed by atoms with Crippen LogP contribution in [0, 0.1) is 5.82 Å². The van der Waals surface area contributed by atoms with E-state index < -0.39 is 0 Å². The lowest BCUT2D eigenvalue weighted by atomic mass is 10.2. The van der Waals surface area contributed by atoms with Crippen LogP contribution < -0.4 is 5.32 Å². The molecule has 6 nitrogen and oxygen atoms in total. The van der Waals surface area contributed by atoms with E-state index in [0.717, 1.165) is 16.5 Å². The van der Waals surface area contributed by atoms with E-state index in [1.54, 1.807) is 17.0 Å². The van der Waals surface area contributed by atoms with Gasteiger partial charge in [-0.05, 0) is 30.3 Å². The van der Waals surface area contributed by atoms with Crippen LogP contribution in [0.4, 0.5) is 10.1 Å². The number of para-hydroxylation sites is 1. The van der Waals surface area contributed by atoms with Crippen LogP contribution in [0.5, 0.6) is 0 Å². The summed E-state index contributed by atoms with van der Waals surface area (Å²) in [6, 6.07) is 13.2. The third-order valence-corrected chi connectivity index (χ3v) is 5.64. The van der Waals surface area contributed by atoms with E-state index >= 15 is 0 Å². The van der Waals surface area contributed by atoms with Gasteiger partial charge in [-0.2, -0.15) is 10.1 Å². The molecule has 29 heavy (non-hydrogen) atoms. The molecule has 9 heteroatoms. The van der Waals surface area contributed by atoms with Gasteiger partial charge in [0.05, 0.1) is 12.0 Å². The van der Waals surface area contributed by atoms with Gasteiger partial charge in [0.1, 0.15) is 12.4 Å². The number of hydrogen-bond acceptors (Lipinski definition) is 5. The van der Waals surface area contributed by atoms with E-state index in [-0.39, 0.29) is 24.2 Å². The zero-order valence-electron chi connectivity index (χ0n) is 15.0. The summed E-state index contributed by atoms with van der Waals surface area (Å²) in [6.07, 6.45) is 3.38. The van der Waals surface area contributed by atoms with E-state index in [1.807, 2.05) is 24.3 Å². The number of hydrogen-bond donors (Lipinski definition) is 1. The van der Waals surface area contributed by atoms with Crippen molar-refractivity contribution in [2.45, 2.75) is 6.54 Å². The maximum absolute atomic E-state index is 13.0. The molecule has 1 saturated heterocycles. The number of hydrazone groups is 1. The molecule has 2 heterocycles. The Kier molecular flexibility index (Phi) is 5.41. The summed E-state index contributed by atoms with van der Waals surface area (Å²) in [4.78, 5) is 24.3. The number of aromatic nitrogens is 1. The Morgan fingerprint density at radius 1 is 1.24 bits per heavy atom. The molecule has 2 aromatic carbocycles. The summed E-state index contributed by atoms with van der Waals surface area (Å²) in [7, 11) is 0. The molecule has 1 aromatic heterocycles. The number of amides is 2. The molecule has 0 spiro atoms. The maximum Gasteiger partial charge on any atom is 0.259 e. The van der Waals surface area contributed by atoms with Crippen molar-refractivity contribution in [1.82, 2.24) is 9.58 Å². The van der Waals surface area contributed by atoms with Gasteiger partial charge in [0.25, 0.3) is 5.91 Å². The summed E-state index contributed by atoms with van der Waals surface area (Å²) >= 11 is 6.41. The molecule has 1 aliphatic rings. The summed E-state index contributed by atoms with van der Waals surface area (Å²) < 4.78 is 15.2. The highest BCUT2D eigenvalue weighted by molar-refractivity contribution is 8.23. The van der Waals surface area contributed by atoms with Crippen LogP contribution in [0.1, 0.15) is 5.56 Å². The predicted octanol–water partition coefficient (Wildman–Crippen LogP) is 3.61. The van der Waals surface area contributed by atoms with Crippen LogP contribution in [-0.4, -0.2) is 37.7 Å². The average Bonchev–Trinajstić information content (AvgIpc) is 3.22. The Morgan fingerprint density at radius 3 is 2.72 bits per heavy atom. The second-order valence-corrected chi connectivity index (χ2v) is 7.90.